The van der Waals surface area contributed by atoms with Crippen molar-refractivity contribution >= 4 is 5.97 Å². The minimum atomic E-state index is -0.835. The Bertz CT molecular complexity index is 411. The molecule has 1 fully saturated rings. The number of aliphatic carboxylic acids is 1. The van der Waals surface area contributed by atoms with Crippen LogP contribution in [0.4, 0.5) is 0 Å². The van der Waals surface area contributed by atoms with Gasteiger partial charge in [0.2, 0.25) is 0 Å². The average Bonchev–Trinajstić information content (AvgIpc) is 2.40. The fourth-order valence-electron chi connectivity index (χ4n) is 2.85. The number of rotatable bonds is 4. The Morgan fingerprint density at radius 2 is 2.06 bits per heavy atom. The first kappa shape index (κ1) is 13.1. The van der Waals surface area contributed by atoms with Gasteiger partial charge in [-0.1, -0.05) is 43.5 Å². The number of hydrogen-bond donors (Lipinski definition) is 2. The Balaban J connectivity index is 2.20. The molecule has 3 heteroatoms. The number of carboxylic acid groups (broad SMARTS) is 1. The lowest BCUT2D eigenvalue weighted by Crippen LogP contribution is -2.21. The molecule has 1 saturated carbocycles. The molecule has 3 N–H and O–H groups in total. The highest BCUT2D eigenvalue weighted by molar-refractivity contribution is 5.76. The molecule has 3 nitrogen and oxygen atoms in total. The van der Waals surface area contributed by atoms with Crippen LogP contribution in [0, 0.1) is 0 Å². The molecule has 0 radical (unpaired) electrons. The standard InChI is InChI=1S/C15H21NO2/c16-10-14(15(17)18)13-8-4-7-12(9-13)11-5-2-1-3-6-11/h4,7-9,11,14H,1-3,5-6,10,16H2,(H,17,18). The van der Waals surface area contributed by atoms with Crippen molar-refractivity contribution in [3.63, 3.8) is 0 Å². The topological polar surface area (TPSA) is 63.3 Å². The molecule has 0 bridgehead atoms. The van der Waals surface area contributed by atoms with Gasteiger partial charge < -0.3 is 10.8 Å². The maximum atomic E-state index is 11.1. The molecule has 1 aromatic rings. The summed E-state index contributed by atoms with van der Waals surface area (Å²) >= 11 is 0. The van der Waals surface area contributed by atoms with Crippen molar-refractivity contribution in [1.29, 1.82) is 0 Å². The minimum Gasteiger partial charge on any atom is -0.481 e. The van der Waals surface area contributed by atoms with Crippen molar-refractivity contribution in [3.05, 3.63) is 35.4 Å². The highest BCUT2D eigenvalue weighted by Crippen LogP contribution is 2.33. The highest BCUT2D eigenvalue weighted by atomic mass is 16.4. The number of nitrogens with two attached hydrogens (primary N) is 1. The second kappa shape index (κ2) is 6.01. The molecule has 18 heavy (non-hydrogen) atoms. The molecule has 0 heterocycles. The SMILES string of the molecule is NCC(C(=O)O)c1cccc(C2CCCCC2)c1. The van der Waals surface area contributed by atoms with Crippen LogP contribution in [0.1, 0.15) is 55.1 Å². The van der Waals surface area contributed by atoms with Gasteiger partial charge in [0, 0.05) is 6.54 Å². The smallest absolute Gasteiger partial charge is 0.312 e. The monoisotopic (exact) mass is 247 g/mol. The van der Waals surface area contributed by atoms with E-state index >= 15 is 0 Å². The molecule has 0 saturated heterocycles. The molecule has 1 aromatic carbocycles. The maximum absolute atomic E-state index is 11.1. The molecule has 98 valence electrons. The van der Waals surface area contributed by atoms with Crippen LogP contribution >= 0.6 is 0 Å². The van der Waals surface area contributed by atoms with Crippen molar-refractivity contribution in [2.45, 2.75) is 43.9 Å². The quantitative estimate of drug-likeness (QED) is 0.860. The maximum Gasteiger partial charge on any atom is 0.312 e. The molecule has 0 aromatic heterocycles. The van der Waals surface area contributed by atoms with Gasteiger partial charge in [0.25, 0.3) is 0 Å². The van der Waals surface area contributed by atoms with Gasteiger partial charge in [-0.05, 0) is 29.9 Å². The Labute approximate surface area is 108 Å². The predicted molar refractivity (Wildman–Crippen MR) is 71.7 cm³/mol. The van der Waals surface area contributed by atoms with Gasteiger partial charge in [0.15, 0.2) is 0 Å². The first-order chi connectivity index (χ1) is 8.72. The van der Waals surface area contributed by atoms with E-state index in [9.17, 15) is 4.79 Å². The zero-order valence-corrected chi connectivity index (χ0v) is 10.6. The van der Waals surface area contributed by atoms with E-state index < -0.39 is 11.9 Å². The fourth-order valence-corrected chi connectivity index (χ4v) is 2.85. The third-order valence-corrected chi connectivity index (χ3v) is 3.92. The van der Waals surface area contributed by atoms with Crippen LogP contribution in [0.15, 0.2) is 24.3 Å². The summed E-state index contributed by atoms with van der Waals surface area (Å²) in [5, 5.41) is 9.15. The van der Waals surface area contributed by atoms with Crippen molar-refractivity contribution in [2.24, 2.45) is 5.73 Å². The Kier molecular flexibility index (Phi) is 4.37. The summed E-state index contributed by atoms with van der Waals surface area (Å²) in [7, 11) is 0. The second-order valence-corrected chi connectivity index (χ2v) is 5.13. The van der Waals surface area contributed by atoms with Crippen LogP contribution in [0.5, 0.6) is 0 Å². The van der Waals surface area contributed by atoms with Crippen molar-refractivity contribution in [3.8, 4) is 0 Å². The first-order valence-electron chi connectivity index (χ1n) is 6.75. The molecule has 0 aliphatic heterocycles. The van der Waals surface area contributed by atoms with E-state index in [0.29, 0.717) is 5.92 Å². The van der Waals surface area contributed by atoms with Gasteiger partial charge in [-0.3, -0.25) is 4.79 Å². The van der Waals surface area contributed by atoms with Crippen LogP contribution < -0.4 is 5.73 Å². The van der Waals surface area contributed by atoms with Crippen molar-refractivity contribution < 1.29 is 9.90 Å². The third kappa shape index (κ3) is 2.91. The third-order valence-electron chi connectivity index (χ3n) is 3.92. The average molecular weight is 247 g/mol. The van der Waals surface area contributed by atoms with E-state index in [1.807, 2.05) is 18.2 Å². The normalized spacial score (nSPS) is 18.5. The summed E-state index contributed by atoms with van der Waals surface area (Å²) in [6, 6.07) is 8.00. The molecular weight excluding hydrogens is 226 g/mol. The molecule has 2 rings (SSSR count). The fraction of sp³-hybridized carbons (Fsp3) is 0.533. The van der Waals surface area contributed by atoms with Crippen LogP contribution in [0.2, 0.25) is 0 Å². The van der Waals surface area contributed by atoms with Crippen molar-refractivity contribution in [2.75, 3.05) is 6.54 Å². The lowest BCUT2D eigenvalue weighted by molar-refractivity contribution is -0.138. The van der Waals surface area contributed by atoms with Gasteiger partial charge >= 0.3 is 5.97 Å². The van der Waals surface area contributed by atoms with Crippen LogP contribution in [-0.2, 0) is 4.79 Å². The molecule has 0 amide bonds. The molecule has 1 atom stereocenters. The summed E-state index contributed by atoms with van der Waals surface area (Å²) in [5.74, 6) is -0.808. The van der Waals surface area contributed by atoms with Gasteiger partial charge in [-0.2, -0.15) is 0 Å². The zero-order chi connectivity index (χ0) is 13.0. The Hall–Kier alpha value is -1.35. The van der Waals surface area contributed by atoms with Crippen LogP contribution in [-0.4, -0.2) is 17.6 Å². The molecule has 0 spiro atoms. The number of benzene rings is 1. The first-order valence-corrected chi connectivity index (χ1v) is 6.75. The van der Waals surface area contributed by atoms with E-state index in [0.717, 1.165) is 5.56 Å². The Morgan fingerprint density at radius 3 is 2.67 bits per heavy atom. The molecule has 1 aliphatic rings. The van der Waals surface area contributed by atoms with E-state index in [4.69, 9.17) is 10.8 Å². The van der Waals surface area contributed by atoms with Crippen LogP contribution in [0.25, 0.3) is 0 Å². The van der Waals surface area contributed by atoms with Crippen molar-refractivity contribution in [1.82, 2.24) is 0 Å². The van der Waals surface area contributed by atoms with E-state index in [-0.39, 0.29) is 6.54 Å². The lowest BCUT2D eigenvalue weighted by Gasteiger charge is -2.23. The molecule has 1 unspecified atom stereocenters. The summed E-state index contributed by atoms with van der Waals surface area (Å²) in [6.07, 6.45) is 6.35. The lowest BCUT2D eigenvalue weighted by atomic mass is 9.83. The summed E-state index contributed by atoms with van der Waals surface area (Å²) in [6.45, 7) is 0.156. The number of carbonyl (C=O) groups is 1. The molecular formula is C15H21NO2. The van der Waals surface area contributed by atoms with E-state index in [2.05, 4.69) is 6.07 Å². The minimum absolute atomic E-state index is 0.156. The number of carboxylic acids is 1. The zero-order valence-electron chi connectivity index (χ0n) is 10.6. The summed E-state index contributed by atoms with van der Waals surface area (Å²) in [4.78, 5) is 11.1. The number of hydrogen-bond acceptors (Lipinski definition) is 2. The van der Waals surface area contributed by atoms with E-state index in [1.54, 1.807) is 0 Å². The highest BCUT2D eigenvalue weighted by Gasteiger charge is 2.20. The van der Waals surface area contributed by atoms with Gasteiger partial charge in [0.05, 0.1) is 5.92 Å². The van der Waals surface area contributed by atoms with Crippen LogP contribution in [0.3, 0.4) is 0 Å². The van der Waals surface area contributed by atoms with E-state index in [1.165, 1.54) is 37.7 Å². The second-order valence-electron chi connectivity index (χ2n) is 5.13. The largest absolute Gasteiger partial charge is 0.481 e. The van der Waals surface area contributed by atoms with Gasteiger partial charge in [0.1, 0.15) is 0 Å². The molecule has 1 aliphatic carbocycles. The van der Waals surface area contributed by atoms with Gasteiger partial charge in [-0.25, -0.2) is 0 Å². The Morgan fingerprint density at radius 1 is 1.33 bits per heavy atom. The predicted octanol–water partition coefficient (Wildman–Crippen LogP) is 2.86. The van der Waals surface area contributed by atoms with Gasteiger partial charge in [-0.15, -0.1) is 0 Å². The summed E-state index contributed by atoms with van der Waals surface area (Å²) in [5.41, 5.74) is 7.68. The summed E-state index contributed by atoms with van der Waals surface area (Å²) < 4.78 is 0.